The maximum absolute atomic E-state index is 11.6. The zero-order valence-corrected chi connectivity index (χ0v) is 20.2. The van der Waals surface area contributed by atoms with Gasteiger partial charge in [0.05, 0.1) is 24.4 Å². The molecule has 1 aliphatic rings. The summed E-state index contributed by atoms with van der Waals surface area (Å²) in [6.45, 7) is 2.66. The van der Waals surface area contributed by atoms with E-state index >= 15 is 0 Å². The molecule has 35 heavy (non-hydrogen) atoms. The summed E-state index contributed by atoms with van der Waals surface area (Å²) in [4.78, 5) is 26.8. The highest BCUT2D eigenvalue weighted by atomic mass is 16.5. The molecule has 8 heteroatoms. The van der Waals surface area contributed by atoms with Crippen molar-refractivity contribution in [2.24, 2.45) is 11.8 Å². The van der Waals surface area contributed by atoms with Crippen LogP contribution < -0.4 is 4.74 Å². The van der Waals surface area contributed by atoms with E-state index in [2.05, 4.69) is 19.9 Å². The average molecular weight is 479 g/mol. The molecule has 8 nitrogen and oxygen atoms in total. The third kappa shape index (κ3) is 6.74. The SMILES string of the molecule is COc1ccc2nccc(C(O)CC[C@@H]3CCN(CCCc4cnccn4)C[C@@H]3CC(=O)O)c2c1. The number of carboxylic acid groups (broad SMARTS) is 1. The Kier molecular flexibility index (Phi) is 8.60. The summed E-state index contributed by atoms with van der Waals surface area (Å²) in [5.74, 6) is 0.334. The third-order valence-electron chi connectivity index (χ3n) is 7.09. The van der Waals surface area contributed by atoms with E-state index in [9.17, 15) is 15.0 Å². The van der Waals surface area contributed by atoms with Crippen molar-refractivity contribution in [2.75, 3.05) is 26.7 Å². The second-order valence-electron chi connectivity index (χ2n) is 9.38. The molecule has 2 N–H and O–H groups in total. The average Bonchev–Trinajstić information content (AvgIpc) is 2.87. The van der Waals surface area contributed by atoms with Crippen LogP contribution >= 0.6 is 0 Å². The van der Waals surface area contributed by atoms with Crippen LogP contribution in [-0.4, -0.2) is 62.8 Å². The molecule has 1 aromatic carbocycles. The van der Waals surface area contributed by atoms with Crippen LogP contribution in [0.15, 0.2) is 49.1 Å². The van der Waals surface area contributed by atoms with Gasteiger partial charge in [-0.2, -0.15) is 0 Å². The van der Waals surface area contributed by atoms with Crippen LogP contribution in [0.1, 0.15) is 49.5 Å². The molecule has 0 amide bonds. The molecule has 1 aliphatic heterocycles. The number of pyridine rings is 1. The summed E-state index contributed by atoms with van der Waals surface area (Å²) in [5, 5.41) is 21.5. The molecule has 0 aliphatic carbocycles. The van der Waals surface area contributed by atoms with Gasteiger partial charge in [-0.1, -0.05) is 0 Å². The summed E-state index contributed by atoms with van der Waals surface area (Å²) in [6.07, 6.45) is 10.6. The molecule has 0 saturated carbocycles. The molecule has 3 heterocycles. The first-order valence-electron chi connectivity index (χ1n) is 12.3. The molecule has 4 rings (SSSR count). The van der Waals surface area contributed by atoms with Gasteiger partial charge >= 0.3 is 5.97 Å². The zero-order chi connectivity index (χ0) is 24.6. The van der Waals surface area contributed by atoms with Crippen LogP contribution in [0.2, 0.25) is 0 Å². The maximum Gasteiger partial charge on any atom is 0.303 e. The van der Waals surface area contributed by atoms with Gasteiger partial charge in [0.15, 0.2) is 0 Å². The fourth-order valence-electron chi connectivity index (χ4n) is 5.23. The highest BCUT2D eigenvalue weighted by Gasteiger charge is 2.31. The fourth-order valence-corrected chi connectivity index (χ4v) is 5.23. The van der Waals surface area contributed by atoms with Crippen molar-refractivity contribution in [3.63, 3.8) is 0 Å². The quantitative estimate of drug-likeness (QED) is 0.427. The highest BCUT2D eigenvalue weighted by molar-refractivity contribution is 5.83. The van der Waals surface area contributed by atoms with Gasteiger partial charge in [0.1, 0.15) is 5.75 Å². The fraction of sp³-hybridized carbons (Fsp3) is 0.481. The molecule has 1 fully saturated rings. The number of benzene rings is 1. The van der Waals surface area contributed by atoms with Gasteiger partial charge in [0.2, 0.25) is 0 Å². The van der Waals surface area contributed by atoms with Crippen molar-refractivity contribution in [1.82, 2.24) is 19.9 Å². The molecule has 1 saturated heterocycles. The van der Waals surface area contributed by atoms with Crippen molar-refractivity contribution < 1.29 is 19.7 Å². The number of rotatable bonds is 11. The number of methoxy groups -OCH3 is 1. The minimum absolute atomic E-state index is 0.0826. The second-order valence-corrected chi connectivity index (χ2v) is 9.38. The summed E-state index contributed by atoms with van der Waals surface area (Å²) in [5.41, 5.74) is 2.64. The summed E-state index contributed by atoms with van der Waals surface area (Å²) >= 11 is 0. The van der Waals surface area contributed by atoms with E-state index in [1.165, 1.54) is 0 Å². The Labute approximate surface area is 206 Å². The van der Waals surface area contributed by atoms with Crippen LogP contribution in [0.3, 0.4) is 0 Å². The molecule has 3 aromatic rings. The topological polar surface area (TPSA) is 109 Å². The van der Waals surface area contributed by atoms with Gasteiger partial charge in [-0.25, -0.2) is 0 Å². The van der Waals surface area contributed by atoms with Gasteiger partial charge < -0.3 is 19.8 Å². The number of aliphatic carboxylic acids is 1. The number of hydrogen-bond acceptors (Lipinski definition) is 7. The molecule has 0 radical (unpaired) electrons. The van der Waals surface area contributed by atoms with Gasteiger partial charge in [-0.05, 0) is 86.9 Å². The Morgan fingerprint density at radius 1 is 1.20 bits per heavy atom. The van der Waals surface area contributed by atoms with Gasteiger partial charge in [0, 0.05) is 43.1 Å². The predicted molar refractivity (Wildman–Crippen MR) is 133 cm³/mol. The molecule has 186 valence electrons. The van der Waals surface area contributed by atoms with Crippen LogP contribution in [0, 0.1) is 11.8 Å². The number of aromatic nitrogens is 3. The number of fused-ring (bicyclic) bond motifs is 1. The Bertz CT molecular complexity index is 1110. The first kappa shape index (κ1) is 25.0. The minimum atomic E-state index is -0.755. The molecule has 1 unspecified atom stereocenters. The molecule has 0 spiro atoms. The van der Waals surface area contributed by atoms with E-state index in [1.54, 1.807) is 31.9 Å². The highest BCUT2D eigenvalue weighted by Crippen LogP contribution is 2.34. The molecular formula is C27H34N4O4. The number of hydrogen-bond donors (Lipinski definition) is 2. The second kappa shape index (κ2) is 12.0. The largest absolute Gasteiger partial charge is 0.497 e. The Morgan fingerprint density at radius 2 is 2.09 bits per heavy atom. The van der Waals surface area contributed by atoms with Crippen molar-refractivity contribution in [1.29, 1.82) is 0 Å². The van der Waals surface area contributed by atoms with Crippen molar-refractivity contribution in [3.05, 3.63) is 60.3 Å². The lowest BCUT2D eigenvalue weighted by Crippen LogP contribution is -2.42. The molecule has 2 aromatic heterocycles. The lowest BCUT2D eigenvalue weighted by atomic mass is 9.79. The van der Waals surface area contributed by atoms with Gasteiger partial charge in [-0.3, -0.25) is 19.7 Å². The minimum Gasteiger partial charge on any atom is -0.497 e. The lowest BCUT2D eigenvalue weighted by Gasteiger charge is -2.38. The number of likely N-dealkylation sites (tertiary alicyclic amines) is 1. The van der Waals surface area contributed by atoms with E-state index in [1.807, 2.05) is 24.3 Å². The Hall–Kier alpha value is -3.10. The molecule has 0 bridgehead atoms. The zero-order valence-electron chi connectivity index (χ0n) is 20.2. The van der Waals surface area contributed by atoms with Gasteiger partial charge in [-0.15, -0.1) is 0 Å². The van der Waals surface area contributed by atoms with Crippen molar-refractivity contribution in [3.8, 4) is 5.75 Å². The van der Waals surface area contributed by atoms with Crippen molar-refractivity contribution in [2.45, 2.75) is 44.6 Å². The Morgan fingerprint density at radius 3 is 2.86 bits per heavy atom. The molecular weight excluding hydrogens is 444 g/mol. The standard InChI is InChI=1S/C27H34N4O4/c1-35-22-5-6-25-24(16-22)23(8-10-30-25)26(32)7-4-19-9-14-31(18-20(19)15-27(33)34)13-2-3-21-17-28-11-12-29-21/h5-6,8,10-12,16-17,19-20,26,32H,2-4,7,9,13-15,18H2,1H3,(H,33,34)/t19-,20+,26?/m1/s1. The first-order valence-corrected chi connectivity index (χ1v) is 12.3. The van der Waals surface area contributed by atoms with Crippen LogP contribution in [0.25, 0.3) is 10.9 Å². The lowest BCUT2D eigenvalue weighted by molar-refractivity contribution is -0.139. The van der Waals surface area contributed by atoms with Crippen LogP contribution in [-0.2, 0) is 11.2 Å². The van der Waals surface area contributed by atoms with E-state index in [0.717, 1.165) is 73.2 Å². The van der Waals surface area contributed by atoms with Crippen LogP contribution in [0.4, 0.5) is 0 Å². The maximum atomic E-state index is 11.6. The van der Waals surface area contributed by atoms with E-state index in [0.29, 0.717) is 6.42 Å². The number of piperidine rings is 1. The number of nitrogens with zero attached hydrogens (tertiary/aromatic N) is 4. The summed E-state index contributed by atoms with van der Waals surface area (Å²) < 4.78 is 5.35. The normalized spacial score (nSPS) is 19.5. The number of aliphatic hydroxyl groups excluding tert-OH is 1. The summed E-state index contributed by atoms with van der Waals surface area (Å²) in [6, 6.07) is 7.53. The Balaban J connectivity index is 1.35. The van der Waals surface area contributed by atoms with E-state index in [4.69, 9.17) is 4.74 Å². The summed E-state index contributed by atoms with van der Waals surface area (Å²) in [7, 11) is 1.62. The van der Waals surface area contributed by atoms with Crippen LogP contribution in [0.5, 0.6) is 5.75 Å². The van der Waals surface area contributed by atoms with Gasteiger partial charge in [0.25, 0.3) is 0 Å². The third-order valence-corrected chi connectivity index (χ3v) is 7.09. The van der Waals surface area contributed by atoms with Crippen molar-refractivity contribution >= 4 is 16.9 Å². The smallest absolute Gasteiger partial charge is 0.303 e. The monoisotopic (exact) mass is 478 g/mol. The number of aliphatic hydroxyl groups is 1. The number of carbonyl (C=O) groups is 1. The number of aryl methyl sites for hydroxylation is 1. The predicted octanol–water partition coefficient (Wildman–Crippen LogP) is 3.89. The van der Waals surface area contributed by atoms with E-state index in [-0.39, 0.29) is 18.3 Å². The number of ether oxygens (including phenoxy) is 1. The molecule has 3 atom stereocenters. The number of carboxylic acids is 1. The first-order chi connectivity index (χ1) is 17.0. The van der Waals surface area contributed by atoms with E-state index < -0.39 is 12.1 Å².